The summed E-state index contributed by atoms with van der Waals surface area (Å²) in [5, 5.41) is 0. The number of benzene rings is 2. The van der Waals surface area contributed by atoms with E-state index in [1.165, 1.54) is 28.5 Å². The SMILES string of the molecule is O=c1[nH]cc(CCn2ccnc2-c2ccc3c(c2)Cc2ccccc2-3)c(=O)[nH]1. The zero-order valence-corrected chi connectivity index (χ0v) is 15.1. The summed E-state index contributed by atoms with van der Waals surface area (Å²) in [5.74, 6) is 0.875. The molecule has 2 aromatic heterocycles. The molecule has 28 heavy (non-hydrogen) atoms. The molecular formula is C22H18N4O2. The predicted molar refractivity (Wildman–Crippen MR) is 107 cm³/mol. The molecule has 0 radical (unpaired) electrons. The minimum absolute atomic E-state index is 0.347. The van der Waals surface area contributed by atoms with Crippen molar-refractivity contribution in [3.05, 3.63) is 98.6 Å². The number of nitrogens with one attached hydrogen (secondary N) is 2. The zero-order valence-electron chi connectivity index (χ0n) is 15.1. The minimum atomic E-state index is -0.490. The maximum absolute atomic E-state index is 11.9. The van der Waals surface area contributed by atoms with Gasteiger partial charge in [0.05, 0.1) is 0 Å². The average molecular weight is 370 g/mol. The van der Waals surface area contributed by atoms with Crippen LogP contribution in [0.5, 0.6) is 0 Å². The van der Waals surface area contributed by atoms with E-state index in [2.05, 4.69) is 57.4 Å². The number of hydrogen-bond acceptors (Lipinski definition) is 3. The molecule has 5 rings (SSSR count). The standard InChI is InChI=1S/C22H18N4O2/c27-21-16(13-24-22(28)25-21)7-9-26-10-8-23-20(26)15-5-6-19-17(12-15)11-14-3-1-2-4-18(14)19/h1-6,8,10,12-13H,7,9,11H2,(H2,24,25,27,28). The summed E-state index contributed by atoms with van der Waals surface area (Å²) in [6, 6.07) is 15.0. The molecular weight excluding hydrogens is 352 g/mol. The largest absolute Gasteiger partial charge is 0.331 e. The third kappa shape index (κ3) is 2.79. The van der Waals surface area contributed by atoms with E-state index in [9.17, 15) is 9.59 Å². The average Bonchev–Trinajstić information content (AvgIpc) is 3.31. The summed E-state index contributed by atoms with van der Waals surface area (Å²) in [4.78, 5) is 32.4. The van der Waals surface area contributed by atoms with Crippen molar-refractivity contribution >= 4 is 0 Å². The molecule has 2 N–H and O–H groups in total. The van der Waals surface area contributed by atoms with Crippen LogP contribution in [0.25, 0.3) is 22.5 Å². The van der Waals surface area contributed by atoms with Crippen LogP contribution in [0.4, 0.5) is 0 Å². The Balaban J connectivity index is 1.43. The lowest BCUT2D eigenvalue weighted by Gasteiger charge is -2.09. The first-order chi connectivity index (χ1) is 13.7. The monoisotopic (exact) mass is 370 g/mol. The third-order valence-corrected chi connectivity index (χ3v) is 5.29. The van der Waals surface area contributed by atoms with E-state index in [1.807, 2.05) is 10.8 Å². The number of aromatic amines is 2. The quantitative estimate of drug-likeness (QED) is 0.510. The molecule has 2 aromatic carbocycles. The van der Waals surface area contributed by atoms with E-state index in [4.69, 9.17) is 0 Å². The molecule has 0 aliphatic heterocycles. The van der Waals surface area contributed by atoms with Crippen molar-refractivity contribution in [1.82, 2.24) is 19.5 Å². The topological polar surface area (TPSA) is 83.5 Å². The summed E-state index contributed by atoms with van der Waals surface area (Å²) >= 11 is 0. The van der Waals surface area contributed by atoms with Crippen LogP contribution in [0, 0.1) is 0 Å². The molecule has 0 spiro atoms. The first-order valence-electron chi connectivity index (χ1n) is 9.22. The second-order valence-corrected chi connectivity index (χ2v) is 7.00. The lowest BCUT2D eigenvalue weighted by molar-refractivity contribution is 0.694. The molecule has 0 saturated heterocycles. The minimum Gasteiger partial charge on any atom is -0.331 e. The molecule has 2 heterocycles. The van der Waals surface area contributed by atoms with E-state index in [1.54, 1.807) is 6.20 Å². The Hall–Kier alpha value is -3.67. The van der Waals surface area contributed by atoms with Crippen LogP contribution in [-0.2, 0) is 19.4 Å². The van der Waals surface area contributed by atoms with Crippen molar-refractivity contribution in [2.45, 2.75) is 19.4 Å². The van der Waals surface area contributed by atoms with Gasteiger partial charge in [0.2, 0.25) is 0 Å². The van der Waals surface area contributed by atoms with Gasteiger partial charge in [0.1, 0.15) is 5.82 Å². The molecule has 1 aliphatic rings. The van der Waals surface area contributed by atoms with Crippen molar-refractivity contribution in [2.24, 2.45) is 0 Å². The number of nitrogens with zero attached hydrogens (tertiary/aromatic N) is 2. The van der Waals surface area contributed by atoms with Gasteiger partial charge in [0, 0.05) is 36.3 Å². The first kappa shape index (κ1) is 16.5. The van der Waals surface area contributed by atoms with Crippen molar-refractivity contribution in [3.63, 3.8) is 0 Å². The molecule has 0 bridgehead atoms. The highest BCUT2D eigenvalue weighted by Gasteiger charge is 2.19. The highest BCUT2D eigenvalue weighted by molar-refractivity contribution is 5.79. The Morgan fingerprint density at radius 2 is 1.89 bits per heavy atom. The van der Waals surface area contributed by atoms with Crippen molar-refractivity contribution in [1.29, 1.82) is 0 Å². The third-order valence-electron chi connectivity index (χ3n) is 5.29. The molecule has 0 amide bonds. The van der Waals surface area contributed by atoms with E-state index in [0.29, 0.717) is 18.5 Å². The van der Waals surface area contributed by atoms with Crippen LogP contribution in [-0.4, -0.2) is 19.5 Å². The number of imidazole rings is 1. The smallest absolute Gasteiger partial charge is 0.325 e. The number of hydrogen-bond donors (Lipinski definition) is 2. The first-order valence-corrected chi connectivity index (χ1v) is 9.22. The zero-order chi connectivity index (χ0) is 19.1. The van der Waals surface area contributed by atoms with Gasteiger partial charge in [0.25, 0.3) is 5.56 Å². The molecule has 6 heteroatoms. The number of fused-ring (bicyclic) bond motifs is 3. The van der Waals surface area contributed by atoms with Gasteiger partial charge in [-0.1, -0.05) is 36.4 Å². The number of aromatic nitrogens is 4. The Labute approximate surface area is 160 Å². The van der Waals surface area contributed by atoms with Crippen LogP contribution in [0.3, 0.4) is 0 Å². The van der Waals surface area contributed by atoms with E-state index >= 15 is 0 Å². The maximum Gasteiger partial charge on any atom is 0.325 e. The van der Waals surface area contributed by atoms with Gasteiger partial charge in [0.15, 0.2) is 0 Å². The van der Waals surface area contributed by atoms with Gasteiger partial charge in [-0.3, -0.25) is 9.78 Å². The molecule has 0 saturated carbocycles. The summed E-state index contributed by atoms with van der Waals surface area (Å²) in [6.45, 7) is 0.599. The lowest BCUT2D eigenvalue weighted by Crippen LogP contribution is -2.25. The Morgan fingerprint density at radius 3 is 2.79 bits per heavy atom. The Kier molecular flexibility index (Phi) is 3.83. The normalized spacial score (nSPS) is 12.0. The summed E-state index contributed by atoms with van der Waals surface area (Å²) in [7, 11) is 0. The Bertz CT molecular complexity index is 1300. The van der Waals surface area contributed by atoms with Gasteiger partial charge in [-0.05, 0) is 41.2 Å². The number of aryl methyl sites for hydroxylation is 2. The van der Waals surface area contributed by atoms with Gasteiger partial charge >= 0.3 is 5.69 Å². The van der Waals surface area contributed by atoms with Crippen molar-refractivity contribution in [3.8, 4) is 22.5 Å². The molecule has 6 nitrogen and oxygen atoms in total. The molecule has 0 unspecified atom stereocenters. The molecule has 4 aromatic rings. The van der Waals surface area contributed by atoms with Crippen LogP contribution in [0.1, 0.15) is 16.7 Å². The van der Waals surface area contributed by atoms with Gasteiger partial charge in [-0.25, -0.2) is 9.78 Å². The highest BCUT2D eigenvalue weighted by atomic mass is 16.2. The van der Waals surface area contributed by atoms with Gasteiger partial charge in [-0.2, -0.15) is 0 Å². The second kappa shape index (κ2) is 6.49. The molecule has 1 aliphatic carbocycles. The summed E-state index contributed by atoms with van der Waals surface area (Å²) in [6.07, 6.45) is 6.61. The fourth-order valence-corrected chi connectivity index (χ4v) is 3.90. The molecule has 0 fully saturated rings. The predicted octanol–water partition coefficient (Wildman–Crippen LogP) is 2.74. The second-order valence-electron chi connectivity index (χ2n) is 7.00. The highest BCUT2D eigenvalue weighted by Crippen LogP contribution is 2.38. The van der Waals surface area contributed by atoms with Crippen molar-refractivity contribution in [2.75, 3.05) is 0 Å². The molecule has 138 valence electrons. The summed E-state index contributed by atoms with van der Waals surface area (Å²) < 4.78 is 2.04. The fourth-order valence-electron chi connectivity index (χ4n) is 3.90. The van der Waals surface area contributed by atoms with Crippen LogP contribution < -0.4 is 11.2 Å². The van der Waals surface area contributed by atoms with Crippen LogP contribution in [0.15, 0.2) is 70.6 Å². The summed E-state index contributed by atoms with van der Waals surface area (Å²) in [5.41, 5.74) is 6.04. The van der Waals surface area contributed by atoms with Crippen LogP contribution in [0.2, 0.25) is 0 Å². The number of rotatable bonds is 4. The fraction of sp³-hybridized carbons (Fsp3) is 0.136. The van der Waals surface area contributed by atoms with Crippen LogP contribution >= 0.6 is 0 Å². The van der Waals surface area contributed by atoms with Crippen molar-refractivity contribution < 1.29 is 0 Å². The van der Waals surface area contributed by atoms with E-state index in [-0.39, 0.29) is 5.56 Å². The number of H-pyrrole nitrogens is 2. The maximum atomic E-state index is 11.9. The van der Waals surface area contributed by atoms with E-state index in [0.717, 1.165) is 17.8 Å². The van der Waals surface area contributed by atoms with E-state index < -0.39 is 5.69 Å². The lowest BCUT2D eigenvalue weighted by atomic mass is 10.0. The van der Waals surface area contributed by atoms with Gasteiger partial charge in [-0.15, -0.1) is 0 Å². The Morgan fingerprint density at radius 1 is 1.04 bits per heavy atom. The molecule has 0 atom stereocenters. The van der Waals surface area contributed by atoms with Gasteiger partial charge < -0.3 is 9.55 Å².